The summed E-state index contributed by atoms with van der Waals surface area (Å²) in [4.78, 5) is 23.5. The topological polar surface area (TPSA) is 86.3 Å². The number of fused-ring (bicyclic) bond motifs is 3. The third-order valence-electron chi connectivity index (χ3n) is 6.40. The summed E-state index contributed by atoms with van der Waals surface area (Å²) < 4.78 is 7.57. The molecule has 0 atom stereocenters. The lowest BCUT2D eigenvalue weighted by Crippen LogP contribution is -2.26. The van der Waals surface area contributed by atoms with E-state index < -0.39 is 0 Å². The van der Waals surface area contributed by atoms with Crippen LogP contribution < -0.4 is 5.73 Å². The SMILES string of the molecule is COCCc1nc2c(N)nc3cc(-c4ccccc4)ccc3c2n1CCCN1CCCC1=O. The van der Waals surface area contributed by atoms with Crippen LogP contribution in [0.5, 0.6) is 0 Å². The van der Waals surface area contributed by atoms with Crippen molar-refractivity contribution in [2.45, 2.75) is 32.2 Å². The number of aromatic nitrogens is 3. The number of nitrogen functional groups attached to an aromatic ring is 1. The largest absolute Gasteiger partial charge is 0.384 e. The second kappa shape index (κ2) is 9.19. The molecule has 2 aromatic carbocycles. The van der Waals surface area contributed by atoms with E-state index in [2.05, 4.69) is 34.9 Å². The van der Waals surface area contributed by atoms with E-state index in [4.69, 9.17) is 20.4 Å². The summed E-state index contributed by atoms with van der Waals surface area (Å²) in [6.07, 6.45) is 3.19. The van der Waals surface area contributed by atoms with Gasteiger partial charge in [-0.15, -0.1) is 0 Å². The minimum atomic E-state index is 0.262. The van der Waals surface area contributed by atoms with E-state index in [0.29, 0.717) is 25.3 Å². The van der Waals surface area contributed by atoms with Crippen molar-refractivity contribution in [3.05, 3.63) is 54.4 Å². The average Bonchev–Trinajstić information content (AvgIpc) is 3.42. The molecule has 2 aromatic heterocycles. The van der Waals surface area contributed by atoms with Crippen molar-refractivity contribution in [1.82, 2.24) is 19.4 Å². The molecule has 0 spiro atoms. The van der Waals surface area contributed by atoms with Gasteiger partial charge in [0, 0.05) is 45.0 Å². The number of anilines is 1. The molecule has 1 amide bonds. The second-order valence-corrected chi connectivity index (χ2v) is 8.55. The Balaban J connectivity index is 1.56. The van der Waals surface area contributed by atoms with Crippen LogP contribution in [-0.4, -0.2) is 52.1 Å². The quantitative estimate of drug-likeness (QED) is 0.444. The first-order valence-corrected chi connectivity index (χ1v) is 11.6. The summed E-state index contributed by atoms with van der Waals surface area (Å²) in [5.41, 5.74) is 11.2. The molecule has 4 aromatic rings. The van der Waals surface area contributed by atoms with Crippen molar-refractivity contribution in [2.75, 3.05) is 32.5 Å². The number of nitrogens with zero attached hydrogens (tertiary/aromatic N) is 4. The molecule has 33 heavy (non-hydrogen) atoms. The van der Waals surface area contributed by atoms with Crippen LogP contribution in [0.3, 0.4) is 0 Å². The fourth-order valence-electron chi connectivity index (χ4n) is 4.75. The molecule has 0 aliphatic carbocycles. The van der Waals surface area contributed by atoms with Crippen LogP contribution in [0.2, 0.25) is 0 Å². The number of ether oxygens (including phenoxy) is 1. The zero-order valence-electron chi connectivity index (χ0n) is 19.0. The van der Waals surface area contributed by atoms with Crippen LogP contribution in [0, 0.1) is 0 Å². The first kappa shape index (κ1) is 21.4. The number of hydrogen-bond donors (Lipinski definition) is 1. The highest BCUT2D eigenvalue weighted by atomic mass is 16.5. The number of rotatable bonds is 8. The number of carbonyl (C=O) groups is 1. The number of aryl methyl sites for hydroxylation is 1. The van der Waals surface area contributed by atoms with Crippen LogP contribution in [0.4, 0.5) is 5.82 Å². The maximum Gasteiger partial charge on any atom is 0.222 e. The van der Waals surface area contributed by atoms with Gasteiger partial charge in [0.2, 0.25) is 5.91 Å². The van der Waals surface area contributed by atoms with Gasteiger partial charge in [0.05, 0.1) is 17.6 Å². The molecule has 3 heterocycles. The summed E-state index contributed by atoms with van der Waals surface area (Å²) >= 11 is 0. The molecule has 0 radical (unpaired) electrons. The number of amides is 1. The molecule has 7 nitrogen and oxygen atoms in total. The number of likely N-dealkylation sites (tertiary alicyclic amines) is 1. The number of pyridine rings is 1. The molecule has 2 N–H and O–H groups in total. The number of nitrogens with two attached hydrogens (primary N) is 1. The van der Waals surface area contributed by atoms with Gasteiger partial charge in [0.1, 0.15) is 11.3 Å². The Morgan fingerprint density at radius 3 is 2.67 bits per heavy atom. The molecule has 0 bridgehead atoms. The van der Waals surface area contributed by atoms with Crippen molar-refractivity contribution in [1.29, 1.82) is 0 Å². The van der Waals surface area contributed by atoms with Crippen LogP contribution in [-0.2, 0) is 22.5 Å². The van der Waals surface area contributed by atoms with Gasteiger partial charge in [0.25, 0.3) is 0 Å². The minimum absolute atomic E-state index is 0.262. The lowest BCUT2D eigenvalue weighted by atomic mass is 10.0. The number of methoxy groups -OCH3 is 1. The van der Waals surface area contributed by atoms with Crippen LogP contribution in [0.15, 0.2) is 48.5 Å². The van der Waals surface area contributed by atoms with E-state index >= 15 is 0 Å². The maximum atomic E-state index is 12.0. The Hall–Kier alpha value is -3.45. The van der Waals surface area contributed by atoms with E-state index in [-0.39, 0.29) is 5.91 Å². The predicted octanol–water partition coefficient (Wildman–Crippen LogP) is 4.04. The lowest BCUT2D eigenvalue weighted by Gasteiger charge is -2.17. The van der Waals surface area contributed by atoms with E-state index in [0.717, 1.165) is 71.4 Å². The fourth-order valence-corrected chi connectivity index (χ4v) is 4.75. The van der Waals surface area contributed by atoms with Gasteiger partial charge in [-0.2, -0.15) is 0 Å². The molecular weight excluding hydrogens is 414 g/mol. The second-order valence-electron chi connectivity index (χ2n) is 8.55. The highest BCUT2D eigenvalue weighted by Gasteiger charge is 2.21. The van der Waals surface area contributed by atoms with Crippen molar-refractivity contribution < 1.29 is 9.53 Å². The number of hydrogen-bond acceptors (Lipinski definition) is 5. The van der Waals surface area contributed by atoms with Crippen LogP contribution >= 0.6 is 0 Å². The van der Waals surface area contributed by atoms with E-state index in [1.807, 2.05) is 23.1 Å². The monoisotopic (exact) mass is 443 g/mol. The highest BCUT2D eigenvalue weighted by molar-refractivity contribution is 6.07. The molecule has 170 valence electrons. The van der Waals surface area contributed by atoms with Gasteiger partial charge in [-0.05, 0) is 30.0 Å². The smallest absolute Gasteiger partial charge is 0.222 e. The Morgan fingerprint density at radius 1 is 1.06 bits per heavy atom. The van der Waals surface area contributed by atoms with Crippen molar-refractivity contribution in [2.24, 2.45) is 0 Å². The maximum absolute atomic E-state index is 12.0. The van der Waals surface area contributed by atoms with Gasteiger partial charge in [-0.1, -0.05) is 42.5 Å². The molecule has 1 aliphatic heterocycles. The van der Waals surface area contributed by atoms with Gasteiger partial charge >= 0.3 is 0 Å². The van der Waals surface area contributed by atoms with Gasteiger partial charge in [0.15, 0.2) is 5.82 Å². The summed E-state index contributed by atoms with van der Waals surface area (Å²) in [7, 11) is 1.70. The summed E-state index contributed by atoms with van der Waals surface area (Å²) in [6, 6.07) is 16.6. The molecule has 0 unspecified atom stereocenters. The standard InChI is InChI=1S/C26H29N5O2/c1-33-16-12-22-29-24-25(31(22)15-6-14-30-13-5-9-23(30)32)20-11-10-19(17-21(20)28-26(24)27)18-7-3-2-4-8-18/h2-4,7-8,10-11,17H,5-6,9,12-16H2,1H3,(H2,27,28). The van der Waals surface area contributed by atoms with Crippen LogP contribution in [0.1, 0.15) is 25.1 Å². The van der Waals surface area contributed by atoms with E-state index in [1.165, 1.54) is 0 Å². The fraction of sp³-hybridized carbons (Fsp3) is 0.346. The average molecular weight is 444 g/mol. The first-order chi connectivity index (χ1) is 16.2. The molecule has 7 heteroatoms. The molecule has 1 saturated heterocycles. The van der Waals surface area contributed by atoms with Crippen molar-refractivity contribution in [3.63, 3.8) is 0 Å². The first-order valence-electron chi connectivity index (χ1n) is 11.6. The highest BCUT2D eigenvalue weighted by Crippen LogP contribution is 2.32. The number of benzene rings is 2. The molecular formula is C26H29N5O2. The third-order valence-corrected chi connectivity index (χ3v) is 6.40. The zero-order chi connectivity index (χ0) is 22.8. The van der Waals surface area contributed by atoms with Gasteiger partial charge < -0.3 is 19.9 Å². The lowest BCUT2D eigenvalue weighted by molar-refractivity contribution is -0.127. The van der Waals surface area contributed by atoms with Gasteiger partial charge in [-0.25, -0.2) is 9.97 Å². The summed E-state index contributed by atoms with van der Waals surface area (Å²) in [5, 5.41) is 1.03. The molecule has 5 rings (SSSR count). The third kappa shape index (κ3) is 4.16. The summed E-state index contributed by atoms with van der Waals surface area (Å²) in [6.45, 7) is 2.97. The molecule has 0 saturated carbocycles. The number of imidazole rings is 1. The minimum Gasteiger partial charge on any atom is -0.384 e. The Labute approximate surface area is 193 Å². The van der Waals surface area contributed by atoms with E-state index in [1.54, 1.807) is 7.11 Å². The van der Waals surface area contributed by atoms with Gasteiger partial charge in [-0.3, -0.25) is 4.79 Å². The Morgan fingerprint density at radius 2 is 1.91 bits per heavy atom. The molecule has 1 fully saturated rings. The molecule has 1 aliphatic rings. The normalized spacial score (nSPS) is 14.1. The Bertz CT molecular complexity index is 1300. The van der Waals surface area contributed by atoms with Crippen molar-refractivity contribution in [3.8, 4) is 11.1 Å². The van der Waals surface area contributed by atoms with Crippen LogP contribution in [0.25, 0.3) is 33.1 Å². The summed E-state index contributed by atoms with van der Waals surface area (Å²) in [5.74, 6) is 1.64. The van der Waals surface area contributed by atoms with Crippen molar-refractivity contribution >= 4 is 33.7 Å². The zero-order valence-corrected chi connectivity index (χ0v) is 19.0. The van der Waals surface area contributed by atoms with E-state index in [9.17, 15) is 4.79 Å². The Kier molecular flexibility index (Phi) is 5.96. The predicted molar refractivity (Wildman–Crippen MR) is 131 cm³/mol. The number of carbonyl (C=O) groups excluding carboxylic acids is 1.